The molecule has 2 rings (SSSR count). The normalized spacial score (nSPS) is 17.4. The molecular weight excluding hydrogens is 288 g/mol. The van der Waals surface area contributed by atoms with Gasteiger partial charge < -0.3 is 19.3 Å². The molecule has 22 heavy (non-hydrogen) atoms. The third kappa shape index (κ3) is 4.17. The van der Waals surface area contributed by atoms with E-state index in [4.69, 9.17) is 9.84 Å². The number of aryl methyl sites for hydroxylation is 1. The Hall–Kier alpha value is -2.15. The average Bonchev–Trinajstić information content (AvgIpc) is 2.98. The van der Waals surface area contributed by atoms with Gasteiger partial charge in [-0.15, -0.1) is 0 Å². The SMILES string of the molecule is Cn1cc(C(=O)N(CCC(=O)O)C[C@@H]2CCCO2)ccc1=O. The molecule has 2 heterocycles. The van der Waals surface area contributed by atoms with Gasteiger partial charge >= 0.3 is 5.97 Å². The van der Waals surface area contributed by atoms with Gasteiger partial charge in [-0.3, -0.25) is 14.4 Å². The van der Waals surface area contributed by atoms with Crippen molar-refractivity contribution in [1.29, 1.82) is 0 Å². The number of carbonyl (C=O) groups excluding carboxylic acids is 1. The monoisotopic (exact) mass is 308 g/mol. The second kappa shape index (κ2) is 7.22. The Morgan fingerprint density at radius 3 is 2.82 bits per heavy atom. The molecule has 7 heteroatoms. The predicted molar refractivity (Wildman–Crippen MR) is 78.8 cm³/mol. The van der Waals surface area contributed by atoms with Gasteiger partial charge in [-0.1, -0.05) is 0 Å². The first-order chi connectivity index (χ1) is 10.5. The van der Waals surface area contributed by atoms with Crippen molar-refractivity contribution in [2.24, 2.45) is 7.05 Å². The molecule has 1 aliphatic heterocycles. The minimum atomic E-state index is -0.953. The number of aliphatic carboxylic acids is 1. The van der Waals surface area contributed by atoms with E-state index in [0.717, 1.165) is 12.8 Å². The molecule has 120 valence electrons. The smallest absolute Gasteiger partial charge is 0.305 e. The molecule has 0 aliphatic carbocycles. The van der Waals surface area contributed by atoms with E-state index in [1.165, 1.54) is 27.8 Å². The first-order valence-corrected chi connectivity index (χ1v) is 7.26. The van der Waals surface area contributed by atoms with E-state index in [9.17, 15) is 14.4 Å². The summed E-state index contributed by atoms with van der Waals surface area (Å²) in [7, 11) is 1.57. The lowest BCUT2D eigenvalue weighted by atomic mass is 10.2. The number of rotatable bonds is 6. The van der Waals surface area contributed by atoms with Crippen molar-refractivity contribution in [3.05, 3.63) is 34.2 Å². The Morgan fingerprint density at radius 1 is 1.45 bits per heavy atom. The van der Waals surface area contributed by atoms with Crippen LogP contribution in [0.4, 0.5) is 0 Å². The topological polar surface area (TPSA) is 88.8 Å². The number of carboxylic acid groups (broad SMARTS) is 1. The predicted octanol–water partition coefficient (Wildman–Crippen LogP) is 0.481. The summed E-state index contributed by atoms with van der Waals surface area (Å²) in [6, 6.07) is 2.79. The maximum atomic E-state index is 12.6. The van der Waals surface area contributed by atoms with Crippen LogP contribution in [0.2, 0.25) is 0 Å². The van der Waals surface area contributed by atoms with E-state index < -0.39 is 5.97 Å². The summed E-state index contributed by atoms with van der Waals surface area (Å²) >= 11 is 0. The summed E-state index contributed by atoms with van der Waals surface area (Å²) in [6.45, 7) is 1.16. The average molecular weight is 308 g/mol. The Bertz CT molecular complexity index is 604. The van der Waals surface area contributed by atoms with Crippen LogP contribution in [0.3, 0.4) is 0 Å². The van der Waals surface area contributed by atoms with E-state index in [-0.39, 0.29) is 30.5 Å². The van der Waals surface area contributed by atoms with E-state index >= 15 is 0 Å². The van der Waals surface area contributed by atoms with Gasteiger partial charge in [0, 0.05) is 39.0 Å². The minimum Gasteiger partial charge on any atom is -0.481 e. The molecule has 0 bridgehead atoms. The van der Waals surface area contributed by atoms with Crippen molar-refractivity contribution in [2.45, 2.75) is 25.4 Å². The van der Waals surface area contributed by atoms with E-state index in [1.807, 2.05) is 0 Å². The summed E-state index contributed by atoms with van der Waals surface area (Å²) in [5.74, 6) is -1.24. The number of ether oxygens (including phenoxy) is 1. The molecule has 1 aromatic heterocycles. The maximum absolute atomic E-state index is 12.6. The molecule has 1 saturated heterocycles. The number of pyridine rings is 1. The number of carboxylic acids is 1. The van der Waals surface area contributed by atoms with Gasteiger partial charge in [0.15, 0.2) is 0 Å². The minimum absolute atomic E-state index is 0.0507. The third-order valence-corrected chi connectivity index (χ3v) is 3.66. The van der Waals surface area contributed by atoms with Crippen LogP contribution in [0.15, 0.2) is 23.1 Å². The molecule has 1 aliphatic rings. The number of aromatic nitrogens is 1. The summed E-state index contributed by atoms with van der Waals surface area (Å²) in [5.41, 5.74) is 0.165. The fraction of sp³-hybridized carbons (Fsp3) is 0.533. The molecule has 1 amide bonds. The van der Waals surface area contributed by atoms with Crippen molar-refractivity contribution >= 4 is 11.9 Å². The highest BCUT2D eigenvalue weighted by molar-refractivity contribution is 5.94. The summed E-state index contributed by atoms with van der Waals surface area (Å²) < 4.78 is 6.85. The van der Waals surface area contributed by atoms with Gasteiger partial charge in [0.25, 0.3) is 5.91 Å². The maximum Gasteiger partial charge on any atom is 0.305 e. The van der Waals surface area contributed by atoms with Crippen LogP contribution in [0, 0.1) is 0 Å². The number of carbonyl (C=O) groups is 2. The van der Waals surface area contributed by atoms with E-state index in [0.29, 0.717) is 18.7 Å². The summed E-state index contributed by atoms with van der Waals surface area (Å²) in [4.78, 5) is 36.2. The van der Waals surface area contributed by atoms with Gasteiger partial charge in [-0.05, 0) is 18.9 Å². The molecule has 1 atom stereocenters. The van der Waals surface area contributed by atoms with Crippen molar-refractivity contribution < 1.29 is 19.4 Å². The van der Waals surface area contributed by atoms with Gasteiger partial charge in [0.05, 0.1) is 18.1 Å². The van der Waals surface area contributed by atoms with Crippen molar-refractivity contribution in [3.63, 3.8) is 0 Å². The second-order valence-electron chi connectivity index (χ2n) is 5.40. The Morgan fingerprint density at radius 2 is 2.23 bits per heavy atom. The first-order valence-electron chi connectivity index (χ1n) is 7.26. The summed E-state index contributed by atoms with van der Waals surface area (Å²) in [5, 5.41) is 8.84. The van der Waals surface area contributed by atoms with Crippen LogP contribution in [-0.2, 0) is 16.6 Å². The molecule has 1 fully saturated rings. The first kappa shape index (κ1) is 16.2. The van der Waals surface area contributed by atoms with Crippen LogP contribution in [0.25, 0.3) is 0 Å². The molecule has 1 N–H and O–H groups in total. The lowest BCUT2D eigenvalue weighted by Gasteiger charge is -2.25. The number of hydrogen-bond donors (Lipinski definition) is 1. The van der Waals surface area contributed by atoms with Crippen LogP contribution in [0.5, 0.6) is 0 Å². The second-order valence-corrected chi connectivity index (χ2v) is 5.40. The van der Waals surface area contributed by atoms with Crippen LogP contribution >= 0.6 is 0 Å². The van der Waals surface area contributed by atoms with E-state index in [1.54, 1.807) is 7.05 Å². The highest BCUT2D eigenvalue weighted by atomic mass is 16.5. The molecular formula is C15H20N2O5. The molecule has 0 spiro atoms. The quantitative estimate of drug-likeness (QED) is 0.826. The van der Waals surface area contributed by atoms with E-state index in [2.05, 4.69) is 0 Å². The van der Waals surface area contributed by atoms with Crippen molar-refractivity contribution in [1.82, 2.24) is 9.47 Å². The van der Waals surface area contributed by atoms with Crippen LogP contribution in [-0.4, -0.2) is 52.3 Å². The van der Waals surface area contributed by atoms with Crippen LogP contribution < -0.4 is 5.56 Å². The van der Waals surface area contributed by atoms with Gasteiger partial charge in [-0.25, -0.2) is 0 Å². The molecule has 0 saturated carbocycles. The standard InChI is InChI=1S/C15H20N2O5/c1-16-9-11(4-5-13(16)18)15(21)17(7-6-14(19)20)10-12-3-2-8-22-12/h4-5,9,12H,2-3,6-8,10H2,1H3,(H,19,20)/t12-/m0/s1. The number of hydrogen-bond acceptors (Lipinski definition) is 4. The van der Waals surface area contributed by atoms with Crippen molar-refractivity contribution in [2.75, 3.05) is 19.7 Å². The fourth-order valence-corrected chi connectivity index (χ4v) is 2.44. The molecule has 0 aromatic carbocycles. The fourth-order valence-electron chi connectivity index (χ4n) is 2.44. The Kier molecular flexibility index (Phi) is 5.32. The highest BCUT2D eigenvalue weighted by Crippen LogP contribution is 2.15. The zero-order valence-electron chi connectivity index (χ0n) is 12.5. The highest BCUT2D eigenvalue weighted by Gasteiger charge is 2.24. The van der Waals surface area contributed by atoms with Gasteiger partial charge in [0.2, 0.25) is 5.56 Å². The van der Waals surface area contributed by atoms with Crippen LogP contribution in [0.1, 0.15) is 29.6 Å². The van der Waals surface area contributed by atoms with Gasteiger partial charge in [-0.2, -0.15) is 0 Å². The van der Waals surface area contributed by atoms with Gasteiger partial charge in [0.1, 0.15) is 0 Å². The Balaban J connectivity index is 2.13. The summed E-state index contributed by atoms with van der Waals surface area (Å²) in [6.07, 6.45) is 3.11. The molecule has 1 aromatic rings. The molecule has 0 radical (unpaired) electrons. The third-order valence-electron chi connectivity index (χ3n) is 3.66. The largest absolute Gasteiger partial charge is 0.481 e. The lowest BCUT2D eigenvalue weighted by Crippen LogP contribution is -2.39. The van der Waals surface area contributed by atoms with Crippen molar-refractivity contribution in [3.8, 4) is 0 Å². The zero-order valence-corrected chi connectivity index (χ0v) is 12.5. The Labute approximate surface area is 128 Å². The molecule has 7 nitrogen and oxygen atoms in total. The molecule has 0 unspecified atom stereocenters. The number of amides is 1. The zero-order chi connectivity index (χ0) is 16.1. The number of nitrogens with zero attached hydrogens (tertiary/aromatic N) is 2. The lowest BCUT2D eigenvalue weighted by molar-refractivity contribution is -0.137.